The van der Waals surface area contributed by atoms with E-state index in [9.17, 15) is 0 Å². The first kappa shape index (κ1) is 12.6. The molecule has 0 unspecified atom stereocenters. The third kappa shape index (κ3) is 2.96. The summed E-state index contributed by atoms with van der Waals surface area (Å²) in [6, 6.07) is 0. The lowest BCUT2D eigenvalue weighted by Gasteiger charge is -2.34. The van der Waals surface area contributed by atoms with E-state index in [4.69, 9.17) is 0 Å². The molecule has 1 aliphatic heterocycles. The molecule has 6 heteroatoms. The Bertz CT molecular complexity index is 539. The van der Waals surface area contributed by atoms with Crippen LogP contribution in [0.15, 0.2) is 17.8 Å². The van der Waals surface area contributed by atoms with E-state index >= 15 is 0 Å². The molecule has 0 radical (unpaired) electrons. The van der Waals surface area contributed by atoms with Crippen molar-refractivity contribution in [2.24, 2.45) is 7.05 Å². The van der Waals surface area contributed by atoms with Gasteiger partial charge in [-0.15, -0.1) is 11.3 Å². The molecule has 102 valence electrons. The summed E-state index contributed by atoms with van der Waals surface area (Å²) in [5.41, 5.74) is 2.42. The highest BCUT2D eigenvalue weighted by molar-refractivity contribution is 7.13. The SMILES string of the molecule is Cc1csc(N2CCN(Cc3cnn(C)c3)CC2)n1. The number of thiazole rings is 1. The van der Waals surface area contributed by atoms with Crippen molar-refractivity contribution in [3.05, 3.63) is 29.0 Å². The van der Waals surface area contributed by atoms with Gasteiger partial charge in [0.15, 0.2) is 5.13 Å². The van der Waals surface area contributed by atoms with Crippen molar-refractivity contribution in [1.29, 1.82) is 0 Å². The van der Waals surface area contributed by atoms with Crippen LogP contribution in [-0.4, -0.2) is 45.8 Å². The minimum absolute atomic E-state index is 0.999. The topological polar surface area (TPSA) is 37.2 Å². The van der Waals surface area contributed by atoms with Crippen LogP contribution in [0.4, 0.5) is 5.13 Å². The Kier molecular flexibility index (Phi) is 3.52. The Hall–Kier alpha value is -1.40. The van der Waals surface area contributed by atoms with E-state index in [1.165, 1.54) is 10.7 Å². The van der Waals surface area contributed by atoms with E-state index in [0.717, 1.165) is 38.4 Å². The predicted octanol–water partition coefficient (Wildman–Crippen LogP) is 1.51. The number of nitrogens with zero attached hydrogens (tertiary/aromatic N) is 5. The predicted molar refractivity (Wildman–Crippen MR) is 77.5 cm³/mol. The summed E-state index contributed by atoms with van der Waals surface area (Å²) >= 11 is 1.75. The van der Waals surface area contributed by atoms with Gasteiger partial charge in [-0.1, -0.05) is 0 Å². The number of aromatic nitrogens is 3. The fourth-order valence-corrected chi connectivity index (χ4v) is 3.25. The molecule has 0 N–H and O–H groups in total. The normalized spacial score (nSPS) is 17.1. The van der Waals surface area contributed by atoms with Crippen molar-refractivity contribution < 1.29 is 0 Å². The molecule has 2 aromatic heterocycles. The van der Waals surface area contributed by atoms with E-state index in [1.807, 2.05) is 17.9 Å². The maximum Gasteiger partial charge on any atom is 0.185 e. The zero-order valence-corrected chi connectivity index (χ0v) is 12.2. The number of aryl methyl sites for hydroxylation is 2. The summed E-state index contributed by atoms with van der Waals surface area (Å²) in [5, 5.41) is 7.51. The quantitative estimate of drug-likeness (QED) is 0.852. The summed E-state index contributed by atoms with van der Waals surface area (Å²) in [7, 11) is 1.96. The first-order valence-electron chi connectivity index (χ1n) is 6.57. The number of hydrogen-bond acceptors (Lipinski definition) is 5. The molecule has 0 amide bonds. The Morgan fingerprint density at radius 1 is 1.26 bits per heavy atom. The number of hydrogen-bond donors (Lipinski definition) is 0. The van der Waals surface area contributed by atoms with Gasteiger partial charge in [0.1, 0.15) is 0 Å². The van der Waals surface area contributed by atoms with Crippen molar-refractivity contribution in [2.75, 3.05) is 31.1 Å². The maximum atomic E-state index is 4.56. The average molecular weight is 277 g/mol. The Morgan fingerprint density at radius 3 is 2.63 bits per heavy atom. The molecule has 1 saturated heterocycles. The summed E-state index contributed by atoms with van der Waals surface area (Å²) in [6.45, 7) is 7.36. The van der Waals surface area contributed by atoms with Crippen LogP contribution in [0.2, 0.25) is 0 Å². The van der Waals surface area contributed by atoms with Crippen LogP contribution in [0.25, 0.3) is 0 Å². The first-order chi connectivity index (χ1) is 9.20. The Morgan fingerprint density at radius 2 is 2.05 bits per heavy atom. The molecule has 19 heavy (non-hydrogen) atoms. The fraction of sp³-hybridized carbons (Fsp3) is 0.538. The summed E-state index contributed by atoms with van der Waals surface area (Å²) in [5.74, 6) is 0. The van der Waals surface area contributed by atoms with Gasteiger partial charge in [-0.05, 0) is 6.92 Å². The largest absolute Gasteiger partial charge is 0.346 e. The standard InChI is InChI=1S/C13H19N5S/c1-11-10-19-13(15-11)18-5-3-17(4-6-18)9-12-7-14-16(2)8-12/h7-8,10H,3-6,9H2,1-2H3. The molecule has 1 fully saturated rings. The van der Waals surface area contributed by atoms with Gasteiger partial charge in [-0.2, -0.15) is 5.10 Å². The highest BCUT2D eigenvalue weighted by Crippen LogP contribution is 2.21. The molecule has 5 nitrogen and oxygen atoms in total. The minimum atomic E-state index is 0.999. The Balaban J connectivity index is 1.54. The van der Waals surface area contributed by atoms with Crippen LogP contribution in [0.1, 0.15) is 11.3 Å². The van der Waals surface area contributed by atoms with Crippen LogP contribution in [0.3, 0.4) is 0 Å². The molecule has 0 aliphatic carbocycles. The third-order valence-corrected chi connectivity index (χ3v) is 4.43. The van der Waals surface area contributed by atoms with E-state index in [-0.39, 0.29) is 0 Å². The summed E-state index contributed by atoms with van der Waals surface area (Å²) in [6.07, 6.45) is 4.05. The van der Waals surface area contributed by atoms with Gasteiger partial charge >= 0.3 is 0 Å². The average Bonchev–Trinajstić information content (AvgIpc) is 3.00. The zero-order chi connectivity index (χ0) is 13.2. The maximum absolute atomic E-state index is 4.56. The van der Waals surface area contributed by atoms with E-state index < -0.39 is 0 Å². The van der Waals surface area contributed by atoms with Crippen molar-refractivity contribution in [2.45, 2.75) is 13.5 Å². The van der Waals surface area contributed by atoms with E-state index in [2.05, 4.69) is 38.4 Å². The Labute approximate surface area is 117 Å². The van der Waals surface area contributed by atoms with E-state index in [1.54, 1.807) is 11.3 Å². The third-order valence-electron chi connectivity index (χ3n) is 3.41. The van der Waals surface area contributed by atoms with Gasteiger partial charge in [-0.3, -0.25) is 9.58 Å². The molecule has 3 rings (SSSR count). The van der Waals surface area contributed by atoms with Crippen LogP contribution < -0.4 is 4.90 Å². The number of piperazine rings is 1. The van der Waals surface area contributed by atoms with E-state index in [0.29, 0.717) is 0 Å². The van der Waals surface area contributed by atoms with Gasteiger partial charge in [0, 0.05) is 56.9 Å². The van der Waals surface area contributed by atoms with Crippen molar-refractivity contribution in [3.8, 4) is 0 Å². The van der Waals surface area contributed by atoms with Gasteiger partial charge in [0.2, 0.25) is 0 Å². The molecule has 0 spiro atoms. The molecule has 0 bridgehead atoms. The number of rotatable bonds is 3. The summed E-state index contributed by atoms with van der Waals surface area (Å²) in [4.78, 5) is 9.43. The highest BCUT2D eigenvalue weighted by atomic mass is 32.1. The first-order valence-corrected chi connectivity index (χ1v) is 7.45. The highest BCUT2D eigenvalue weighted by Gasteiger charge is 2.19. The lowest BCUT2D eigenvalue weighted by Crippen LogP contribution is -2.45. The molecule has 0 atom stereocenters. The molecule has 0 saturated carbocycles. The van der Waals surface area contributed by atoms with Gasteiger partial charge < -0.3 is 4.90 Å². The number of anilines is 1. The molecule has 3 heterocycles. The smallest absolute Gasteiger partial charge is 0.185 e. The zero-order valence-electron chi connectivity index (χ0n) is 11.4. The monoisotopic (exact) mass is 277 g/mol. The molecular weight excluding hydrogens is 258 g/mol. The minimum Gasteiger partial charge on any atom is -0.346 e. The van der Waals surface area contributed by atoms with Crippen molar-refractivity contribution >= 4 is 16.5 Å². The second-order valence-corrected chi connectivity index (χ2v) is 5.89. The second kappa shape index (κ2) is 5.30. The van der Waals surface area contributed by atoms with Gasteiger partial charge in [0.25, 0.3) is 0 Å². The molecule has 1 aliphatic rings. The van der Waals surface area contributed by atoms with Crippen LogP contribution >= 0.6 is 11.3 Å². The fourth-order valence-electron chi connectivity index (χ4n) is 2.40. The van der Waals surface area contributed by atoms with Gasteiger partial charge in [0.05, 0.1) is 11.9 Å². The van der Waals surface area contributed by atoms with Crippen LogP contribution in [0.5, 0.6) is 0 Å². The van der Waals surface area contributed by atoms with Gasteiger partial charge in [-0.25, -0.2) is 4.98 Å². The second-order valence-electron chi connectivity index (χ2n) is 5.06. The molecule has 0 aromatic carbocycles. The molecular formula is C13H19N5S. The summed E-state index contributed by atoms with van der Waals surface area (Å²) < 4.78 is 1.87. The van der Waals surface area contributed by atoms with Crippen molar-refractivity contribution in [3.63, 3.8) is 0 Å². The molecule has 2 aromatic rings. The lowest BCUT2D eigenvalue weighted by molar-refractivity contribution is 0.250. The lowest BCUT2D eigenvalue weighted by atomic mass is 10.2. The van der Waals surface area contributed by atoms with Crippen LogP contribution in [-0.2, 0) is 13.6 Å². The van der Waals surface area contributed by atoms with Crippen LogP contribution in [0, 0.1) is 6.92 Å². The van der Waals surface area contributed by atoms with Crippen molar-refractivity contribution in [1.82, 2.24) is 19.7 Å².